The normalized spacial score (nSPS) is 10.3. The fourth-order valence-electron chi connectivity index (χ4n) is 1.84. The molecule has 2 aromatic rings. The van der Waals surface area contributed by atoms with Crippen LogP contribution in [0.1, 0.15) is 13.8 Å². The number of anilines is 1. The molecule has 0 spiro atoms. The van der Waals surface area contributed by atoms with E-state index in [1.807, 2.05) is 44.3 Å². The van der Waals surface area contributed by atoms with Gasteiger partial charge in [-0.25, -0.2) is 0 Å². The van der Waals surface area contributed by atoms with Crippen molar-refractivity contribution in [2.75, 3.05) is 18.9 Å². The topological polar surface area (TPSA) is 60.3 Å². The van der Waals surface area contributed by atoms with Crippen molar-refractivity contribution >= 4 is 5.69 Å². The molecule has 18 heavy (non-hydrogen) atoms. The van der Waals surface area contributed by atoms with Crippen LogP contribution in [-0.4, -0.2) is 18.2 Å². The van der Waals surface area contributed by atoms with Gasteiger partial charge in [0.15, 0.2) is 11.5 Å². The van der Waals surface area contributed by atoms with E-state index in [4.69, 9.17) is 15.2 Å². The second kappa shape index (κ2) is 5.49. The molecule has 4 nitrogen and oxygen atoms in total. The number of H-pyrrole nitrogens is 1. The van der Waals surface area contributed by atoms with Crippen LogP contribution in [-0.2, 0) is 0 Å². The van der Waals surface area contributed by atoms with Crippen molar-refractivity contribution in [2.24, 2.45) is 0 Å². The monoisotopic (exact) mass is 246 g/mol. The summed E-state index contributed by atoms with van der Waals surface area (Å²) in [6.45, 7) is 5.06. The van der Waals surface area contributed by atoms with Gasteiger partial charge >= 0.3 is 0 Å². The summed E-state index contributed by atoms with van der Waals surface area (Å²) in [6, 6.07) is 7.63. The van der Waals surface area contributed by atoms with Crippen LogP contribution in [0.3, 0.4) is 0 Å². The van der Waals surface area contributed by atoms with E-state index < -0.39 is 0 Å². The predicted molar refractivity (Wildman–Crippen MR) is 73.0 cm³/mol. The van der Waals surface area contributed by atoms with Crippen molar-refractivity contribution in [3.8, 4) is 22.8 Å². The average molecular weight is 246 g/mol. The van der Waals surface area contributed by atoms with E-state index in [2.05, 4.69) is 4.98 Å². The first-order valence-electron chi connectivity index (χ1n) is 6.09. The molecule has 1 aromatic carbocycles. The number of rotatable bonds is 5. The zero-order chi connectivity index (χ0) is 13.0. The smallest absolute Gasteiger partial charge is 0.163 e. The maximum atomic E-state index is 6.05. The fourth-order valence-corrected chi connectivity index (χ4v) is 1.84. The Bertz CT molecular complexity index is 507. The SMILES string of the molecule is CCOc1cc(N)c(-c2ccc[nH]2)cc1OCC. The molecule has 0 saturated heterocycles. The maximum Gasteiger partial charge on any atom is 0.163 e. The lowest BCUT2D eigenvalue weighted by Crippen LogP contribution is -2.01. The van der Waals surface area contributed by atoms with Gasteiger partial charge in [0.25, 0.3) is 0 Å². The second-order valence-corrected chi connectivity index (χ2v) is 3.84. The van der Waals surface area contributed by atoms with E-state index in [9.17, 15) is 0 Å². The molecule has 2 rings (SSSR count). The Balaban J connectivity index is 2.46. The summed E-state index contributed by atoms with van der Waals surface area (Å²) in [5.74, 6) is 1.41. The second-order valence-electron chi connectivity index (χ2n) is 3.84. The minimum Gasteiger partial charge on any atom is -0.490 e. The van der Waals surface area contributed by atoms with E-state index in [0.29, 0.717) is 24.7 Å². The number of ether oxygens (including phenoxy) is 2. The van der Waals surface area contributed by atoms with Gasteiger partial charge in [0, 0.05) is 29.2 Å². The Hall–Kier alpha value is -2.10. The molecule has 1 aromatic heterocycles. The van der Waals surface area contributed by atoms with Crippen molar-refractivity contribution in [3.63, 3.8) is 0 Å². The Morgan fingerprint density at radius 3 is 2.33 bits per heavy atom. The van der Waals surface area contributed by atoms with Crippen LogP contribution in [0, 0.1) is 0 Å². The number of hydrogen-bond donors (Lipinski definition) is 2. The summed E-state index contributed by atoms with van der Waals surface area (Å²) in [6.07, 6.45) is 1.87. The highest BCUT2D eigenvalue weighted by Gasteiger charge is 2.11. The molecule has 0 amide bonds. The molecule has 0 radical (unpaired) electrons. The Labute approximate surface area is 107 Å². The van der Waals surface area contributed by atoms with Gasteiger partial charge in [-0.1, -0.05) is 0 Å². The van der Waals surface area contributed by atoms with E-state index >= 15 is 0 Å². The highest BCUT2D eigenvalue weighted by molar-refractivity contribution is 5.77. The number of nitrogens with one attached hydrogen (secondary N) is 1. The standard InChI is InChI=1S/C14H18N2O2/c1-3-17-13-8-10(12-6-5-7-16-12)11(15)9-14(13)18-4-2/h5-9,16H,3-4,15H2,1-2H3. The Kier molecular flexibility index (Phi) is 3.77. The number of benzene rings is 1. The first-order chi connectivity index (χ1) is 8.76. The summed E-state index contributed by atoms with van der Waals surface area (Å²) in [7, 11) is 0. The van der Waals surface area contributed by atoms with Crippen LogP contribution in [0.25, 0.3) is 11.3 Å². The molecular formula is C14H18N2O2. The summed E-state index contributed by atoms with van der Waals surface area (Å²) >= 11 is 0. The third kappa shape index (κ3) is 2.42. The summed E-state index contributed by atoms with van der Waals surface area (Å²) in [5, 5.41) is 0. The fraction of sp³-hybridized carbons (Fsp3) is 0.286. The molecule has 0 aliphatic carbocycles. The molecule has 1 heterocycles. The van der Waals surface area contributed by atoms with Crippen LogP contribution in [0.15, 0.2) is 30.5 Å². The first kappa shape index (κ1) is 12.4. The third-order valence-electron chi connectivity index (χ3n) is 2.60. The third-order valence-corrected chi connectivity index (χ3v) is 2.60. The largest absolute Gasteiger partial charge is 0.490 e. The van der Waals surface area contributed by atoms with E-state index in [1.54, 1.807) is 0 Å². The van der Waals surface area contributed by atoms with E-state index in [0.717, 1.165) is 17.0 Å². The van der Waals surface area contributed by atoms with Crippen molar-refractivity contribution in [2.45, 2.75) is 13.8 Å². The lowest BCUT2D eigenvalue weighted by Gasteiger charge is -2.14. The number of aromatic nitrogens is 1. The molecule has 0 saturated carbocycles. The first-order valence-corrected chi connectivity index (χ1v) is 6.09. The number of hydrogen-bond acceptors (Lipinski definition) is 3. The lowest BCUT2D eigenvalue weighted by molar-refractivity contribution is 0.288. The number of nitrogen functional groups attached to an aromatic ring is 1. The van der Waals surface area contributed by atoms with Gasteiger partial charge in [0.1, 0.15) is 0 Å². The molecular weight excluding hydrogens is 228 g/mol. The van der Waals surface area contributed by atoms with Crippen molar-refractivity contribution in [3.05, 3.63) is 30.5 Å². The summed E-state index contributed by atoms with van der Waals surface area (Å²) in [4.78, 5) is 3.14. The quantitative estimate of drug-likeness (QED) is 0.797. The molecule has 0 aliphatic heterocycles. The Morgan fingerprint density at radius 1 is 1.11 bits per heavy atom. The Morgan fingerprint density at radius 2 is 1.78 bits per heavy atom. The van der Waals surface area contributed by atoms with E-state index in [1.165, 1.54) is 0 Å². The van der Waals surface area contributed by atoms with Gasteiger partial charge in [-0.2, -0.15) is 0 Å². The predicted octanol–water partition coefficient (Wildman–Crippen LogP) is 3.06. The lowest BCUT2D eigenvalue weighted by atomic mass is 10.1. The molecule has 0 atom stereocenters. The van der Waals surface area contributed by atoms with Gasteiger partial charge in [0.2, 0.25) is 0 Å². The summed E-state index contributed by atoms with van der Waals surface area (Å²) < 4.78 is 11.1. The van der Waals surface area contributed by atoms with Gasteiger partial charge in [-0.15, -0.1) is 0 Å². The number of aromatic amines is 1. The van der Waals surface area contributed by atoms with Crippen LogP contribution in [0.5, 0.6) is 11.5 Å². The van der Waals surface area contributed by atoms with Crippen molar-refractivity contribution < 1.29 is 9.47 Å². The molecule has 0 fully saturated rings. The molecule has 0 bridgehead atoms. The minimum absolute atomic E-state index is 0.585. The molecule has 96 valence electrons. The average Bonchev–Trinajstić information content (AvgIpc) is 2.86. The van der Waals surface area contributed by atoms with Gasteiger partial charge in [0.05, 0.1) is 13.2 Å². The molecule has 0 aliphatic rings. The highest BCUT2D eigenvalue weighted by atomic mass is 16.5. The van der Waals surface area contributed by atoms with Gasteiger partial charge in [-0.05, 0) is 32.0 Å². The number of nitrogens with two attached hydrogens (primary N) is 1. The van der Waals surface area contributed by atoms with E-state index in [-0.39, 0.29) is 0 Å². The van der Waals surface area contributed by atoms with Crippen LogP contribution in [0.2, 0.25) is 0 Å². The van der Waals surface area contributed by atoms with Crippen molar-refractivity contribution in [1.82, 2.24) is 4.98 Å². The molecule has 0 unspecified atom stereocenters. The zero-order valence-corrected chi connectivity index (χ0v) is 10.7. The maximum absolute atomic E-state index is 6.05. The van der Waals surface area contributed by atoms with Crippen LogP contribution < -0.4 is 15.2 Å². The molecule has 3 N–H and O–H groups in total. The highest BCUT2D eigenvalue weighted by Crippen LogP contribution is 2.37. The summed E-state index contributed by atoms with van der Waals surface area (Å²) in [5.41, 5.74) is 8.62. The van der Waals surface area contributed by atoms with Crippen LogP contribution in [0.4, 0.5) is 5.69 Å². The molecule has 4 heteroatoms. The zero-order valence-electron chi connectivity index (χ0n) is 10.7. The van der Waals surface area contributed by atoms with Gasteiger partial charge in [-0.3, -0.25) is 0 Å². The van der Waals surface area contributed by atoms with Crippen LogP contribution >= 0.6 is 0 Å². The van der Waals surface area contributed by atoms with Crippen molar-refractivity contribution in [1.29, 1.82) is 0 Å². The minimum atomic E-state index is 0.585. The van der Waals surface area contributed by atoms with Gasteiger partial charge < -0.3 is 20.2 Å².